The molecule has 0 heterocycles. The van der Waals surface area contributed by atoms with Gasteiger partial charge in [-0.15, -0.1) is 0 Å². The first-order chi connectivity index (χ1) is 42.6. The van der Waals surface area contributed by atoms with Gasteiger partial charge in [-0.3, -0.25) is 0 Å². The van der Waals surface area contributed by atoms with E-state index in [0.717, 1.165) is 110 Å². The maximum absolute atomic E-state index is 13.8. The molecule has 10 heteroatoms. The molecular weight excluding hydrogens is 1160 g/mol. The van der Waals surface area contributed by atoms with Gasteiger partial charge in [-0.1, -0.05) is 0 Å². The summed E-state index contributed by atoms with van der Waals surface area (Å²) in [5, 5.41) is 24.4. The summed E-state index contributed by atoms with van der Waals surface area (Å²) >= 11 is 0. The molecule has 0 amide bonds. The number of aromatic hydroxyl groups is 2. The van der Waals surface area contributed by atoms with Gasteiger partial charge in [-0.2, -0.15) is 0 Å². The van der Waals surface area contributed by atoms with Crippen LogP contribution >= 0.6 is 14.6 Å². The van der Waals surface area contributed by atoms with Crippen molar-refractivity contribution in [2.75, 3.05) is 24.6 Å². The van der Waals surface area contributed by atoms with Crippen LogP contribution in [0.5, 0.6) is 11.5 Å². The predicted molar refractivity (Wildman–Crippen MR) is 402 cm³/mol. The Bertz CT molecular complexity index is 1970. The van der Waals surface area contributed by atoms with Gasteiger partial charge >= 0.3 is 568 Å². The molecule has 0 atom stereocenters. The molecule has 0 unspecified atom stereocenters. The van der Waals surface area contributed by atoms with Gasteiger partial charge in [-0.05, 0) is 0 Å². The second-order valence-corrected chi connectivity index (χ2v) is 41.3. The molecule has 2 aromatic rings. The van der Waals surface area contributed by atoms with Crippen molar-refractivity contribution in [2.45, 2.75) is 415 Å². The first-order valence-electron chi connectivity index (χ1n) is 38.7. The fraction of sp³-hybridized carbons (Fsp3) is 0.852. The number of phenols is 2. The number of phenolic OH excluding ortho intramolecular Hbond substituents is 2. The molecule has 2 aromatic carbocycles. The number of rotatable bonds is 53. The van der Waals surface area contributed by atoms with Gasteiger partial charge < -0.3 is 0 Å². The zero-order valence-electron chi connectivity index (χ0n) is 63.3. The summed E-state index contributed by atoms with van der Waals surface area (Å²) in [7, 11) is -10.4. The zero-order chi connectivity index (χ0) is 68.4. The molecule has 0 fully saturated rings. The summed E-state index contributed by atoms with van der Waals surface area (Å²) in [6.45, 7) is 36.8. The van der Waals surface area contributed by atoms with Crippen LogP contribution in [0.2, 0.25) is 0 Å². The molecule has 0 aliphatic carbocycles. The molecule has 0 spiro atoms. The van der Waals surface area contributed by atoms with Crippen LogP contribution in [0.1, 0.15) is 408 Å². The Morgan fingerprint density at radius 1 is 0.286 bits per heavy atom. The van der Waals surface area contributed by atoms with E-state index in [1.807, 2.05) is 0 Å². The number of hydrogen-bond donors (Lipinski definition) is 6. The van der Waals surface area contributed by atoms with Crippen molar-refractivity contribution in [1.82, 2.24) is 0 Å². The van der Waals surface area contributed by atoms with Gasteiger partial charge in [0.2, 0.25) is 0 Å². The third-order valence-electron chi connectivity index (χ3n) is 19.9. The summed E-state index contributed by atoms with van der Waals surface area (Å²) in [5.74, 6) is 0.565. The minimum atomic E-state index is -5.22. The van der Waals surface area contributed by atoms with Crippen molar-refractivity contribution >= 4 is 14.6 Å². The summed E-state index contributed by atoms with van der Waals surface area (Å²) in [6, 6.07) is 8.48. The van der Waals surface area contributed by atoms with Crippen LogP contribution in [-0.4, -0.2) is 60.7 Å². The summed E-state index contributed by atoms with van der Waals surface area (Å²) in [6.07, 6.45) is 43.7. The number of unbranched alkanes of at least 4 members (excludes halogenated alkanes) is 36. The number of benzene rings is 2. The van der Waals surface area contributed by atoms with Crippen molar-refractivity contribution in [3.63, 3.8) is 0 Å². The van der Waals surface area contributed by atoms with E-state index in [1.54, 1.807) is 0 Å². The average molecular weight is 1320 g/mol. The van der Waals surface area contributed by atoms with E-state index in [4.69, 9.17) is 9.05 Å². The number of hydrogen-bond acceptors (Lipinski definition) is 8. The van der Waals surface area contributed by atoms with Gasteiger partial charge in [0.1, 0.15) is 0 Å². The van der Waals surface area contributed by atoms with E-state index in [0.29, 0.717) is 38.5 Å². The Kier molecular flexibility index (Phi) is 39.4. The molecule has 0 aliphatic rings. The maximum atomic E-state index is 13.8. The van der Waals surface area contributed by atoms with Gasteiger partial charge in [0.15, 0.2) is 0 Å². The van der Waals surface area contributed by atoms with Crippen molar-refractivity contribution in [1.29, 1.82) is 0 Å². The van der Waals surface area contributed by atoms with Crippen molar-refractivity contribution in [2.24, 2.45) is 5.41 Å². The van der Waals surface area contributed by atoms with E-state index in [2.05, 4.69) is 142 Å². The van der Waals surface area contributed by atoms with Crippen LogP contribution in [0.15, 0.2) is 24.3 Å². The van der Waals surface area contributed by atoms with Crippen LogP contribution in [0.3, 0.4) is 0 Å². The standard InChI is InChI=1S/C81H154O8P2/c1-18-22-26-30-34-38-42-46-50-54-58-90(84,85,59-55-51-47-43-39-35-31-27-23-19-2)88-76(89-91(86,87,60-56-52-48-44-40-36-32-28-24-20-3)61-57-53-49-45-41-37-33-29-25-21-4)81(17,66-68-62-70(77(5,6)7)74(82)71(63-68)78(8,9)10)67-69-64-72(79(11,12)13)75(83)73(65-69)80(14,15)16/h62-65,76,82-87H,18-61,66-67H2,1-17H3. The van der Waals surface area contributed by atoms with Crippen LogP contribution in [0.25, 0.3) is 0 Å². The first kappa shape index (κ1) is 85.7. The molecule has 0 aromatic heterocycles. The summed E-state index contributed by atoms with van der Waals surface area (Å²) in [5.41, 5.74) is 2.24. The molecule has 0 bridgehead atoms. The average Bonchev–Trinajstić information content (AvgIpc) is 0.783. The molecule has 91 heavy (non-hydrogen) atoms. The molecule has 536 valence electrons. The second kappa shape index (κ2) is 41.8. The molecular formula is C81H154O8P2. The minimum absolute atomic E-state index is 0.0856. The van der Waals surface area contributed by atoms with Crippen LogP contribution in [-0.2, 0) is 43.5 Å². The third kappa shape index (κ3) is 34.6. The third-order valence-corrected chi connectivity index (χ3v) is 26.1. The van der Waals surface area contributed by atoms with Crippen molar-refractivity contribution in [3.8, 4) is 11.5 Å². The van der Waals surface area contributed by atoms with Gasteiger partial charge in [0.05, 0.1) is 0 Å². The summed E-state index contributed by atoms with van der Waals surface area (Å²) < 4.78 is 15.1. The van der Waals surface area contributed by atoms with Crippen molar-refractivity contribution < 1.29 is 38.8 Å². The Hall–Kier alpha value is -1.34. The molecule has 6 N–H and O–H groups in total. The summed E-state index contributed by atoms with van der Waals surface area (Å²) in [4.78, 5) is 55.4. The molecule has 0 radical (unpaired) electrons. The monoisotopic (exact) mass is 1320 g/mol. The molecule has 0 aliphatic heterocycles. The van der Waals surface area contributed by atoms with E-state index in [1.165, 1.54) is 154 Å². The Balaban J connectivity index is 3.12. The Morgan fingerprint density at radius 2 is 0.451 bits per heavy atom. The van der Waals surface area contributed by atoms with Crippen molar-refractivity contribution in [3.05, 3.63) is 57.6 Å². The Morgan fingerprint density at radius 3 is 0.615 bits per heavy atom. The quantitative estimate of drug-likeness (QED) is 0.0219. The molecule has 8 nitrogen and oxygen atoms in total. The topological polar surface area (TPSA) is 140 Å². The molecule has 0 saturated heterocycles. The predicted octanol–water partition coefficient (Wildman–Crippen LogP) is 25.7. The van der Waals surface area contributed by atoms with E-state index in [-0.39, 0.29) is 36.1 Å². The second-order valence-electron chi connectivity index (χ2n) is 33.9. The van der Waals surface area contributed by atoms with Crippen LogP contribution < -0.4 is 0 Å². The van der Waals surface area contributed by atoms with E-state index < -0.39 is 47.9 Å². The Labute approximate surface area is 565 Å². The molecule has 0 saturated carbocycles. The zero-order valence-corrected chi connectivity index (χ0v) is 65.1. The fourth-order valence-electron chi connectivity index (χ4n) is 13.9. The van der Waals surface area contributed by atoms with Gasteiger partial charge in [0.25, 0.3) is 0 Å². The first-order valence-corrected chi connectivity index (χ1v) is 43.5. The fourth-order valence-corrected chi connectivity index (χ4v) is 19.7. The molecule has 2 rings (SSSR count). The van der Waals surface area contributed by atoms with E-state index >= 15 is 0 Å². The van der Waals surface area contributed by atoms with Gasteiger partial charge in [-0.25, -0.2) is 0 Å². The van der Waals surface area contributed by atoms with Crippen LogP contribution in [0.4, 0.5) is 0 Å². The van der Waals surface area contributed by atoms with E-state index in [9.17, 15) is 29.8 Å². The van der Waals surface area contributed by atoms with Crippen LogP contribution in [0, 0.1) is 5.41 Å². The SMILES string of the molecule is CCCCCCCCCCCCP(O)(O)(CCCCCCCCCCCC)OC(OP(O)(O)(CCCCCCCCCCCC)CCCCCCCCCCCC)C(C)(Cc1cc(C(C)(C)C)c(O)c(C(C)(C)C)c1)Cc1cc(C(C)(C)C)c(O)c(C(C)(C)C)c1. The normalized spacial score (nSPS) is 14.4. The van der Waals surface area contributed by atoms with Gasteiger partial charge in [0, 0.05) is 0 Å².